The Labute approximate surface area is 151 Å². The quantitative estimate of drug-likeness (QED) is 0.681. The summed E-state index contributed by atoms with van der Waals surface area (Å²) in [6, 6.07) is 0. The first-order valence-electron chi connectivity index (χ1n) is 8.96. The van der Waals surface area contributed by atoms with Crippen LogP contribution in [0.5, 0.6) is 0 Å². The Balaban J connectivity index is 1.53. The molecule has 0 aromatic rings. The smallest absolute Gasteiger partial charge is 0.356 e. The van der Waals surface area contributed by atoms with E-state index >= 15 is 0 Å². The van der Waals surface area contributed by atoms with E-state index in [1.807, 2.05) is 27.7 Å². The molecule has 6 atom stereocenters. The SMILES string of the molecule is CCOC(=O)C1=NO[C@H]([C@H]2O[C@@H]3OC(C)(C)O[C@@H]3[C@H]3OC(C)(C)O[C@H]32)C1. The minimum Gasteiger partial charge on any atom is -0.461 e. The van der Waals surface area contributed by atoms with Crippen LogP contribution in [0.25, 0.3) is 0 Å². The van der Waals surface area contributed by atoms with E-state index in [1.54, 1.807) is 6.92 Å². The van der Waals surface area contributed by atoms with E-state index in [9.17, 15) is 4.79 Å². The molecule has 0 amide bonds. The van der Waals surface area contributed by atoms with E-state index < -0.39 is 48.2 Å². The van der Waals surface area contributed by atoms with Gasteiger partial charge in [-0.1, -0.05) is 5.16 Å². The molecule has 146 valence electrons. The lowest BCUT2D eigenvalue weighted by Gasteiger charge is -2.38. The van der Waals surface area contributed by atoms with Gasteiger partial charge >= 0.3 is 5.97 Å². The Morgan fingerprint density at radius 3 is 2.35 bits per heavy atom. The Morgan fingerprint density at radius 1 is 1.04 bits per heavy atom. The molecule has 9 nitrogen and oxygen atoms in total. The number of carbonyl (C=O) groups excluding carboxylic acids is 1. The van der Waals surface area contributed by atoms with Gasteiger partial charge in [-0.25, -0.2) is 4.79 Å². The highest BCUT2D eigenvalue weighted by molar-refractivity contribution is 6.36. The van der Waals surface area contributed by atoms with Crippen LogP contribution < -0.4 is 0 Å². The van der Waals surface area contributed by atoms with Crippen molar-refractivity contribution in [1.29, 1.82) is 0 Å². The zero-order valence-electron chi connectivity index (χ0n) is 15.6. The fourth-order valence-corrected chi connectivity index (χ4v) is 3.85. The van der Waals surface area contributed by atoms with Crippen molar-refractivity contribution in [3.8, 4) is 0 Å². The zero-order valence-corrected chi connectivity index (χ0v) is 15.6. The fourth-order valence-electron chi connectivity index (χ4n) is 3.85. The van der Waals surface area contributed by atoms with E-state index in [0.29, 0.717) is 0 Å². The standard InChI is InChI=1S/C17H25NO8/c1-6-20-14(19)8-7-9(26-18-8)10-11-12(23-16(2,3)22-11)13-15(21-10)25-17(4,5)24-13/h9-13,15H,6-7H2,1-5H3/t9-,10+,11-,12-,13+,15+/m0/s1. The van der Waals surface area contributed by atoms with Crippen LogP contribution in [0.4, 0.5) is 0 Å². The molecular weight excluding hydrogens is 346 g/mol. The van der Waals surface area contributed by atoms with Crippen molar-refractivity contribution in [3.05, 3.63) is 0 Å². The van der Waals surface area contributed by atoms with Crippen molar-refractivity contribution >= 4 is 11.7 Å². The molecule has 0 aromatic carbocycles. The summed E-state index contributed by atoms with van der Waals surface area (Å²) in [5.74, 6) is -2.05. The van der Waals surface area contributed by atoms with Crippen LogP contribution in [-0.2, 0) is 38.1 Å². The number of hydrogen-bond acceptors (Lipinski definition) is 9. The molecule has 0 saturated carbocycles. The van der Waals surface area contributed by atoms with Crippen LogP contribution in [-0.4, -0.2) is 66.7 Å². The van der Waals surface area contributed by atoms with E-state index in [1.165, 1.54) is 0 Å². The second-order valence-corrected chi connectivity index (χ2v) is 7.74. The number of oxime groups is 1. The second-order valence-electron chi connectivity index (χ2n) is 7.74. The molecule has 3 saturated heterocycles. The Hall–Kier alpha value is -1.26. The molecule has 4 rings (SSSR count). The molecule has 0 spiro atoms. The topological polar surface area (TPSA) is 94.0 Å². The van der Waals surface area contributed by atoms with Gasteiger partial charge in [0.1, 0.15) is 24.4 Å². The van der Waals surface area contributed by atoms with Gasteiger partial charge in [0.05, 0.1) is 6.61 Å². The molecule has 0 bridgehead atoms. The number of ether oxygens (including phenoxy) is 6. The summed E-state index contributed by atoms with van der Waals surface area (Å²) in [6.45, 7) is 9.36. The summed E-state index contributed by atoms with van der Waals surface area (Å²) < 4.78 is 35.1. The lowest BCUT2D eigenvalue weighted by molar-refractivity contribution is -0.254. The van der Waals surface area contributed by atoms with Crippen molar-refractivity contribution in [3.63, 3.8) is 0 Å². The van der Waals surface area contributed by atoms with E-state index in [0.717, 1.165) is 0 Å². The zero-order chi connectivity index (χ0) is 18.7. The number of esters is 1. The lowest BCUT2D eigenvalue weighted by atomic mass is 9.93. The van der Waals surface area contributed by atoms with Gasteiger partial charge < -0.3 is 33.3 Å². The van der Waals surface area contributed by atoms with Gasteiger partial charge in [-0.15, -0.1) is 0 Å². The number of rotatable bonds is 3. The van der Waals surface area contributed by atoms with Crippen LogP contribution >= 0.6 is 0 Å². The molecule has 0 aliphatic carbocycles. The van der Waals surface area contributed by atoms with Crippen LogP contribution in [0.2, 0.25) is 0 Å². The van der Waals surface area contributed by atoms with Gasteiger partial charge in [-0.2, -0.15) is 0 Å². The molecule has 0 radical (unpaired) electrons. The van der Waals surface area contributed by atoms with Gasteiger partial charge in [-0.05, 0) is 34.6 Å². The molecule has 0 aromatic heterocycles. The van der Waals surface area contributed by atoms with E-state index in [2.05, 4.69) is 5.16 Å². The molecule has 4 aliphatic rings. The van der Waals surface area contributed by atoms with Crippen molar-refractivity contribution < 1.29 is 38.1 Å². The maximum Gasteiger partial charge on any atom is 0.356 e. The molecule has 0 N–H and O–H groups in total. The Bertz CT molecular complexity index is 618. The first-order chi connectivity index (χ1) is 12.2. The van der Waals surface area contributed by atoms with Crippen molar-refractivity contribution in [2.75, 3.05) is 6.61 Å². The molecule has 4 heterocycles. The third-order valence-corrected chi connectivity index (χ3v) is 4.76. The Kier molecular flexibility index (Phi) is 4.27. The number of fused-ring (bicyclic) bond motifs is 3. The van der Waals surface area contributed by atoms with Gasteiger partial charge in [0.15, 0.2) is 29.7 Å². The first kappa shape index (κ1) is 18.1. The molecule has 9 heteroatoms. The molecular formula is C17H25NO8. The second kappa shape index (κ2) is 6.13. The van der Waals surface area contributed by atoms with Crippen molar-refractivity contribution in [2.45, 2.75) is 89.4 Å². The van der Waals surface area contributed by atoms with Crippen molar-refractivity contribution in [2.24, 2.45) is 5.16 Å². The van der Waals surface area contributed by atoms with Gasteiger partial charge in [0, 0.05) is 6.42 Å². The summed E-state index contributed by atoms with van der Waals surface area (Å²) in [6.07, 6.45) is -2.54. The van der Waals surface area contributed by atoms with Gasteiger partial charge in [0.2, 0.25) is 0 Å². The van der Waals surface area contributed by atoms with Crippen LogP contribution in [0, 0.1) is 0 Å². The van der Waals surface area contributed by atoms with Crippen molar-refractivity contribution in [1.82, 2.24) is 0 Å². The maximum atomic E-state index is 11.9. The van der Waals surface area contributed by atoms with Crippen LogP contribution in [0.1, 0.15) is 41.0 Å². The third-order valence-electron chi connectivity index (χ3n) is 4.76. The molecule has 3 fully saturated rings. The fraction of sp³-hybridized carbons (Fsp3) is 0.882. The normalized spacial score (nSPS) is 42.6. The third kappa shape index (κ3) is 3.11. The molecule has 0 unspecified atom stereocenters. The lowest BCUT2D eigenvalue weighted by Crippen LogP contribution is -2.58. The predicted octanol–water partition coefficient (Wildman–Crippen LogP) is 1.09. The van der Waals surface area contributed by atoms with Gasteiger partial charge in [0.25, 0.3) is 0 Å². The highest BCUT2D eigenvalue weighted by Crippen LogP contribution is 2.45. The number of carbonyl (C=O) groups is 1. The average Bonchev–Trinajstić information content (AvgIpc) is 3.20. The Morgan fingerprint density at radius 2 is 1.65 bits per heavy atom. The largest absolute Gasteiger partial charge is 0.461 e. The highest BCUT2D eigenvalue weighted by Gasteiger charge is 2.62. The summed E-state index contributed by atoms with van der Waals surface area (Å²) in [5, 5.41) is 3.87. The van der Waals surface area contributed by atoms with Crippen LogP contribution in [0.3, 0.4) is 0 Å². The molecule has 26 heavy (non-hydrogen) atoms. The maximum absolute atomic E-state index is 11.9. The van der Waals surface area contributed by atoms with E-state index in [4.69, 9.17) is 33.3 Å². The number of nitrogens with zero attached hydrogens (tertiary/aromatic N) is 1. The molecule has 4 aliphatic heterocycles. The highest BCUT2D eigenvalue weighted by atomic mass is 16.9. The van der Waals surface area contributed by atoms with Gasteiger partial charge in [-0.3, -0.25) is 0 Å². The number of hydrogen-bond donors (Lipinski definition) is 0. The first-order valence-corrected chi connectivity index (χ1v) is 8.96. The summed E-state index contributed by atoms with van der Waals surface area (Å²) in [7, 11) is 0. The van der Waals surface area contributed by atoms with E-state index in [-0.39, 0.29) is 24.8 Å². The predicted molar refractivity (Wildman–Crippen MR) is 86.1 cm³/mol. The minimum atomic E-state index is -0.786. The summed E-state index contributed by atoms with van der Waals surface area (Å²) >= 11 is 0. The minimum absolute atomic E-state index is 0.237. The monoisotopic (exact) mass is 371 g/mol. The van der Waals surface area contributed by atoms with Crippen LogP contribution in [0.15, 0.2) is 5.16 Å². The summed E-state index contributed by atoms with van der Waals surface area (Å²) in [4.78, 5) is 17.4. The average molecular weight is 371 g/mol. The summed E-state index contributed by atoms with van der Waals surface area (Å²) in [5.41, 5.74) is 0.237.